The zero-order chi connectivity index (χ0) is 36.1. The van der Waals surface area contributed by atoms with Crippen LogP contribution in [0.15, 0.2) is 84.0 Å². The number of benzene rings is 2. The van der Waals surface area contributed by atoms with Gasteiger partial charge in [0.2, 0.25) is 0 Å². The molecular formula is C45H60O5. The molecule has 0 saturated heterocycles. The average Bonchev–Trinajstić information content (AvgIpc) is 3.36. The summed E-state index contributed by atoms with van der Waals surface area (Å²) in [5.41, 5.74) is 3.81. The topological polar surface area (TPSA) is 61.8 Å². The van der Waals surface area contributed by atoms with Crippen molar-refractivity contribution in [3.05, 3.63) is 95.1 Å². The van der Waals surface area contributed by atoms with Crippen LogP contribution in [0, 0.1) is 45.3 Å². The van der Waals surface area contributed by atoms with Gasteiger partial charge in [0, 0.05) is 18.4 Å². The lowest BCUT2D eigenvalue weighted by Gasteiger charge is -2.67. The van der Waals surface area contributed by atoms with Gasteiger partial charge in [-0.05, 0) is 123 Å². The molecular weight excluding hydrogens is 620 g/mol. The van der Waals surface area contributed by atoms with E-state index < -0.39 is 0 Å². The van der Waals surface area contributed by atoms with Gasteiger partial charge in [0.25, 0.3) is 0 Å². The molecule has 10 atom stereocenters. The number of ether oxygens (including phenoxy) is 3. The van der Waals surface area contributed by atoms with Gasteiger partial charge in [0.15, 0.2) is 0 Å². The number of carbonyl (C=O) groups excluding carboxylic acids is 2. The van der Waals surface area contributed by atoms with Crippen LogP contribution in [-0.4, -0.2) is 37.4 Å². The number of allylic oxidation sites excluding steroid dienone is 1. The van der Waals surface area contributed by atoms with E-state index in [1.165, 1.54) is 30.4 Å². The van der Waals surface area contributed by atoms with Gasteiger partial charge in [-0.15, -0.1) is 0 Å². The molecule has 0 radical (unpaired) electrons. The average molecular weight is 681 g/mol. The molecule has 0 aliphatic heterocycles. The molecule has 270 valence electrons. The number of hydrogen-bond acceptors (Lipinski definition) is 5. The fraction of sp³-hybridized carbons (Fsp3) is 0.600. The summed E-state index contributed by atoms with van der Waals surface area (Å²) in [6.07, 6.45) is 11.5. The summed E-state index contributed by atoms with van der Waals surface area (Å²) in [4.78, 5) is 26.4. The molecule has 0 heterocycles. The molecule has 2 aromatic carbocycles. The van der Waals surface area contributed by atoms with E-state index in [4.69, 9.17) is 14.2 Å². The van der Waals surface area contributed by atoms with Crippen LogP contribution in [0.3, 0.4) is 0 Å². The third kappa shape index (κ3) is 6.20. The van der Waals surface area contributed by atoms with E-state index in [1.54, 1.807) is 0 Å². The van der Waals surface area contributed by atoms with Gasteiger partial charge in [-0.2, -0.15) is 0 Å². The fourth-order valence-corrected chi connectivity index (χ4v) is 11.7. The Hall–Kier alpha value is -3.18. The normalized spacial score (nSPS) is 35.3. The van der Waals surface area contributed by atoms with Crippen LogP contribution in [-0.2, 0) is 14.2 Å². The van der Waals surface area contributed by atoms with E-state index in [2.05, 4.69) is 67.5 Å². The Bertz CT molecular complexity index is 1600. The van der Waals surface area contributed by atoms with Crippen molar-refractivity contribution in [2.45, 2.75) is 119 Å². The summed E-state index contributed by atoms with van der Waals surface area (Å²) in [5, 5.41) is 0. The Labute approximate surface area is 301 Å². The second-order valence-electron chi connectivity index (χ2n) is 17.7. The second-order valence-corrected chi connectivity index (χ2v) is 17.7. The lowest BCUT2D eigenvalue weighted by Crippen LogP contribution is -2.63. The first-order valence-electron chi connectivity index (χ1n) is 19.1. The highest BCUT2D eigenvalue weighted by Gasteiger charge is 2.69. The molecule has 4 aliphatic rings. The van der Waals surface area contributed by atoms with E-state index in [0.29, 0.717) is 34.8 Å². The highest BCUT2D eigenvalue weighted by molar-refractivity contribution is 5.90. The largest absolute Gasteiger partial charge is 0.458 e. The van der Waals surface area contributed by atoms with Crippen LogP contribution >= 0.6 is 0 Å². The van der Waals surface area contributed by atoms with Crippen molar-refractivity contribution in [3.8, 4) is 0 Å². The highest BCUT2D eigenvalue weighted by atomic mass is 16.5. The molecule has 3 fully saturated rings. The summed E-state index contributed by atoms with van der Waals surface area (Å²) >= 11 is 0. The van der Waals surface area contributed by atoms with Crippen LogP contribution in [0.5, 0.6) is 0 Å². The van der Waals surface area contributed by atoms with Crippen molar-refractivity contribution in [1.29, 1.82) is 0 Å². The highest BCUT2D eigenvalue weighted by Crippen LogP contribution is 2.75. The molecule has 0 spiro atoms. The van der Waals surface area contributed by atoms with Crippen molar-refractivity contribution in [1.82, 2.24) is 0 Å². The summed E-state index contributed by atoms with van der Waals surface area (Å²) in [6, 6.07) is 18.7. The lowest BCUT2D eigenvalue weighted by molar-refractivity contribution is -0.183. The van der Waals surface area contributed by atoms with Gasteiger partial charge in [-0.25, -0.2) is 9.59 Å². The number of fused-ring (bicyclic) bond motifs is 5. The van der Waals surface area contributed by atoms with Crippen LogP contribution in [0.4, 0.5) is 0 Å². The minimum absolute atomic E-state index is 0.00182. The van der Waals surface area contributed by atoms with Gasteiger partial charge in [-0.3, -0.25) is 0 Å². The van der Waals surface area contributed by atoms with Crippen LogP contribution in [0.2, 0.25) is 0 Å². The number of rotatable bonds is 9. The molecule has 6 rings (SSSR count). The maximum absolute atomic E-state index is 13.2. The van der Waals surface area contributed by atoms with E-state index >= 15 is 0 Å². The minimum Gasteiger partial charge on any atom is -0.458 e. The monoisotopic (exact) mass is 680 g/mol. The van der Waals surface area contributed by atoms with Crippen molar-refractivity contribution < 1.29 is 23.8 Å². The van der Waals surface area contributed by atoms with Gasteiger partial charge in [0.1, 0.15) is 12.2 Å². The van der Waals surface area contributed by atoms with Crippen molar-refractivity contribution in [2.75, 3.05) is 7.11 Å². The third-order valence-electron chi connectivity index (χ3n) is 14.4. The van der Waals surface area contributed by atoms with E-state index in [9.17, 15) is 9.59 Å². The molecule has 50 heavy (non-hydrogen) atoms. The third-order valence-corrected chi connectivity index (χ3v) is 14.4. The zero-order valence-corrected chi connectivity index (χ0v) is 32.0. The Kier molecular flexibility index (Phi) is 10.1. The molecule has 0 unspecified atom stereocenters. The van der Waals surface area contributed by atoms with Gasteiger partial charge in [-0.1, -0.05) is 95.2 Å². The summed E-state index contributed by atoms with van der Waals surface area (Å²) in [7, 11) is 1.89. The standard InChI is InChI=1S/C45H60O5/c1-29(2)26-33(49-40(46)31-16-12-10-13-17-31)27-30(3)34-22-23-45(8)39-37(48-9)28-36-35(43(39,6)24-25-44(34,45)7)20-21-38(42(36,4)5)50-41(47)32-18-14-11-15-19-32/h10-19,26,28,30,33-35,37-39H,20-25,27H2,1-9H3/t30-,33+,34-,35-,37+,38+,39-,43+,44-,45+/m1/s1. The van der Waals surface area contributed by atoms with Crippen LogP contribution < -0.4 is 0 Å². The SMILES string of the molecule is CO[C@H]1C=C2[C@@H](CC[C@H](OC(=O)c3ccccc3)C2(C)C)[C@]2(C)CC[C@]3(C)[C@@H]([C@H](C)C[C@H](C=C(C)C)OC(=O)c4ccccc4)CC[C@@]3(C)[C@H]12. The van der Waals surface area contributed by atoms with E-state index in [0.717, 1.165) is 25.7 Å². The quantitative estimate of drug-likeness (QED) is 0.195. The Morgan fingerprint density at radius 2 is 1.44 bits per heavy atom. The van der Waals surface area contributed by atoms with Gasteiger partial charge < -0.3 is 14.2 Å². The second kappa shape index (κ2) is 13.7. The van der Waals surface area contributed by atoms with Crippen molar-refractivity contribution in [2.24, 2.45) is 45.3 Å². The number of hydrogen-bond donors (Lipinski definition) is 0. The first kappa shape index (κ1) is 36.6. The Balaban J connectivity index is 1.25. The van der Waals surface area contributed by atoms with Crippen molar-refractivity contribution in [3.63, 3.8) is 0 Å². The summed E-state index contributed by atoms with van der Waals surface area (Å²) in [5.74, 6) is 1.23. The molecule has 3 saturated carbocycles. The fourth-order valence-electron chi connectivity index (χ4n) is 11.7. The maximum atomic E-state index is 13.2. The number of methoxy groups -OCH3 is 1. The summed E-state index contributed by atoms with van der Waals surface area (Å²) < 4.78 is 19.0. The van der Waals surface area contributed by atoms with Crippen LogP contribution in [0.25, 0.3) is 0 Å². The smallest absolute Gasteiger partial charge is 0.338 e. The molecule has 2 aromatic rings. The zero-order valence-electron chi connectivity index (χ0n) is 32.0. The number of esters is 2. The molecule has 4 aliphatic carbocycles. The maximum Gasteiger partial charge on any atom is 0.338 e. The summed E-state index contributed by atoms with van der Waals surface area (Å²) in [6.45, 7) is 18.8. The number of carbonyl (C=O) groups is 2. The first-order valence-corrected chi connectivity index (χ1v) is 19.1. The predicted octanol–water partition coefficient (Wildman–Crippen LogP) is 10.7. The molecule has 0 bridgehead atoms. The van der Waals surface area contributed by atoms with Crippen molar-refractivity contribution >= 4 is 11.9 Å². The molecule has 5 heteroatoms. The molecule has 5 nitrogen and oxygen atoms in total. The molecule has 0 N–H and O–H groups in total. The van der Waals surface area contributed by atoms with Gasteiger partial charge in [0.05, 0.1) is 17.2 Å². The molecule has 0 aromatic heterocycles. The Morgan fingerprint density at radius 3 is 2.04 bits per heavy atom. The lowest BCUT2D eigenvalue weighted by atomic mass is 9.38. The Morgan fingerprint density at radius 1 is 0.820 bits per heavy atom. The van der Waals surface area contributed by atoms with Crippen LogP contribution in [0.1, 0.15) is 121 Å². The minimum atomic E-state index is -0.288. The predicted molar refractivity (Wildman–Crippen MR) is 200 cm³/mol. The van der Waals surface area contributed by atoms with Gasteiger partial charge >= 0.3 is 11.9 Å². The van der Waals surface area contributed by atoms with E-state index in [1.807, 2.05) is 67.8 Å². The molecule has 0 amide bonds. The van der Waals surface area contributed by atoms with E-state index in [-0.39, 0.29) is 51.9 Å². The first-order chi connectivity index (χ1) is 23.7.